The summed E-state index contributed by atoms with van der Waals surface area (Å²) >= 11 is 6.47. The van der Waals surface area contributed by atoms with E-state index in [4.69, 9.17) is 16.3 Å². The van der Waals surface area contributed by atoms with E-state index in [0.29, 0.717) is 39.2 Å². The molecule has 2 aromatic carbocycles. The lowest BCUT2D eigenvalue weighted by Crippen LogP contribution is -2.43. The predicted molar refractivity (Wildman–Crippen MR) is 163 cm³/mol. The minimum atomic E-state index is -0.332. The highest BCUT2D eigenvalue weighted by atomic mass is 35.5. The summed E-state index contributed by atoms with van der Waals surface area (Å²) in [6, 6.07) is 14.6. The molecule has 0 spiro atoms. The quantitative estimate of drug-likeness (QED) is 0.280. The minimum absolute atomic E-state index is 0.289. The fourth-order valence-electron chi connectivity index (χ4n) is 4.94. The van der Waals surface area contributed by atoms with E-state index in [2.05, 4.69) is 55.2 Å². The van der Waals surface area contributed by atoms with Gasteiger partial charge in [-0.2, -0.15) is 10.1 Å². The van der Waals surface area contributed by atoms with Crippen LogP contribution >= 0.6 is 11.6 Å². The van der Waals surface area contributed by atoms with Crippen molar-refractivity contribution in [1.82, 2.24) is 34.5 Å². The van der Waals surface area contributed by atoms with Crippen molar-refractivity contribution >= 4 is 34.2 Å². The average Bonchev–Trinajstić information content (AvgIpc) is 3.37. The van der Waals surface area contributed by atoms with E-state index in [1.807, 2.05) is 24.3 Å². The number of carbonyl (C=O) groups excluding carboxylic acids is 1. The Balaban J connectivity index is 1.21. The van der Waals surface area contributed by atoms with Gasteiger partial charge in [-0.1, -0.05) is 17.7 Å². The molecule has 0 saturated carbocycles. The number of hydrogen-bond donors (Lipinski definition) is 1. The molecule has 11 heteroatoms. The van der Waals surface area contributed by atoms with Crippen molar-refractivity contribution in [3.8, 4) is 23.0 Å². The summed E-state index contributed by atoms with van der Waals surface area (Å²) in [6.45, 7) is 7.23. The number of piperazine rings is 1. The van der Waals surface area contributed by atoms with Crippen molar-refractivity contribution in [2.45, 2.75) is 13.5 Å². The number of halogens is 1. The van der Waals surface area contributed by atoms with E-state index < -0.39 is 0 Å². The van der Waals surface area contributed by atoms with E-state index in [0.717, 1.165) is 43.9 Å². The first-order chi connectivity index (χ1) is 20.3. The summed E-state index contributed by atoms with van der Waals surface area (Å²) in [5, 5.41) is 8.37. The number of nitrogens with zero attached hydrogens (tertiary/aromatic N) is 7. The van der Waals surface area contributed by atoms with Crippen LogP contribution in [-0.4, -0.2) is 73.7 Å². The van der Waals surface area contributed by atoms with Crippen LogP contribution in [0.4, 0.5) is 5.69 Å². The third-order valence-electron chi connectivity index (χ3n) is 7.37. The van der Waals surface area contributed by atoms with E-state index in [1.165, 1.54) is 5.56 Å². The Bertz CT molecular complexity index is 1750. The van der Waals surface area contributed by atoms with Gasteiger partial charge in [-0.15, -0.1) is 0 Å². The molecule has 6 rings (SSSR count). The number of hydrogen-bond acceptors (Lipinski definition) is 8. The fraction of sp³-hybridized carbons (Fsp3) is 0.258. The zero-order valence-electron chi connectivity index (χ0n) is 23.7. The van der Waals surface area contributed by atoms with Crippen LogP contribution in [0.15, 0.2) is 67.1 Å². The molecule has 3 aromatic heterocycles. The normalized spacial score (nSPS) is 14.3. The number of likely N-dealkylation sites (N-methyl/N-ethyl adjacent to an activating group) is 1. The summed E-state index contributed by atoms with van der Waals surface area (Å²) in [5.74, 6) is 0.820. The number of rotatable bonds is 7. The molecule has 4 heterocycles. The molecule has 5 aromatic rings. The molecule has 1 saturated heterocycles. The van der Waals surface area contributed by atoms with Crippen LogP contribution in [0, 0.1) is 6.92 Å². The predicted octanol–water partition coefficient (Wildman–Crippen LogP) is 5.18. The van der Waals surface area contributed by atoms with Crippen molar-refractivity contribution in [2.75, 3.05) is 38.5 Å². The monoisotopic (exact) mass is 582 g/mol. The molecule has 214 valence electrons. The fourth-order valence-corrected chi connectivity index (χ4v) is 5.15. The molecule has 0 radical (unpaired) electrons. The van der Waals surface area contributed by atoms with Gasteiger partial charge in [0.05, 0.1) is 10.6 Å². The van der Waals surface area contributed by atoms with Crippen molar-refractivity contribution in [2.24, 2.45) is 7.05 Å². The highest BCUT2D eigenvalue weighted by Crippen LogP contribution is 2.32. The number of pyridine rings is 1. The van der Waals surface area contributed by atoms with Crippen LogP contribution in [0.3, 0.4) is 0 Å². The molecular weight excluding hydrogens is 552 g/mol. The van der Waals surface area contributed by atoms with Gasteiger partial charge in [-0.3, -0.25) is 19.4 Å². The number of aromatic nitrogens is 5. The molecule has 0 aliphatic carbocycles. The molecule has 1 aliphatic heterocycles. The third kappa shape index (κ3) is 6.11. The van der Waals surface area contributed by atoms with E-state index >= 15 is 0 Å². The smallest absolute Gasteiger partial charge is 0.257 e. The first kappa shape index (κ1) is 27.8. The average molecular weight is 583 g/mol. The van der Waals surface area contributed by atoms with Gasteiger partial charge in [-0.25, -0.2) is 4.98 Å². The Morgan fingerprint density at radius 2 is 1.88 bits per heavy atom. The van der Waals surface area contributed by atoms with Crippen LogP contribution in [-0.2, 0) is 13.6 Å². The molecule has 42 heavy (non-hydrogen) atoms. The molecule has 1 amide bonds. The molecule has 1 aliphatic rings. The topological polar surface area (TPSA) is 101 Å². The Kier molecular flexibility index (Phi) is 7.84. The van der Waals surface area contributed by atoms with Gasteiger partial charge in [0.2, 0.25) is 5.88 Å². The van der Waals surface area contributed by atoms with Crippen molar-refractivity contribution in [3.05, 3.63) is 88.8 Å². The number of carbonyl (C=O) groups is 1. The molecule has 10 nitrogen and oxygen atoms in total. The SMILES string of the molecule is Cc1cc(NC(=O)c2cc(Oc3nc(-c4cccnc4)nc4nn(C)cc34)ccc2Cl)ccc1CN1CCN(C)CC1. The van der Waals surface area contributed by atoms with Crippen LogP contribution < -0.4 is 10.1 Å². The second-order valence-electron chi connectivity index (χ2n) is 10.6. The first-order valence-corrected chi connectivity index (χ1v) is 14.1. The van der Waals surface area contributed by atoms with Crippen molar-refractivity contribution in [3.63, 3.8) is 0 Å². The summed E-state index contributed by atoms with van der Waals surface area (Å²) in [7, 11) is 3.96. The van der Waals surface area contributed by atoms with Gasteiger partial charge in [-0.05, 0) is 67.6 Å². The minimum Gasteiger partial charge on any atom is -0.438 e. The molecule has 1 fully saturated rings. The number of aryl methyl sites for hydroxylation is 2. The highest BCUT2D eigenvalue weighted by Gasteiger charge is 2.18. The van der Waals surface area contributed by atoms with Gasteiger partial charge in [0.15, 0.2) is 11.5 Å². The Labute approximate surface area is 248 Å². The summed E-state index contributed by atoms with van der Waals surface area (Å²) in [4.78, 5) is 31.5. The van der Waals surface area contributed by atoms with Gasteiger partial charge >= 0.3 is 0 Å². The van der Waals surface area contributed by atoms with Crippen molar-refractivity contribution in [1.29, 1.82) is 0 Å². The summed E-state index contributed by atoms with van der Waals surface area (Å²) < 4.78 is 7.86. The van der Waals surface area contributed by atoms with Gasteiger partial charge in [0, 0.05) is 69.6 Å². The van der Waals surface area contributed by atoms with Crippen molar-refractivity contribution < 1.29 is 9.53 Å². The molecule has 0 atom stereocenters. The second-order valence-corrected chi connectivity index (χ2v) is 11.0. The lowest BCUT2D eigenvalue weighted by Gasteiger charge is -2.32. The Morgan fingerprint density at radius 3 is 2.64 bits per heavy atom. The highest BCUT2D eigenvalue weighted by molar-refractivity contribution is 6.34. The second kappa shape index (κ2) is 11.8. The zero-order valence-corrected chi connectivity index (χ0v) is 24.5. The lowest BCUT2D eigenvalue weighted by molar-refractivity contribution is 0.102. The van der Waals surface area contributed by atoms with Gasteiger partial charge < -0.3 is 15.0 Å². The molecule has 0 bridgehead atoms. The van der Waals surface area contributed by atoms with E-state index in [1.54, 1.807) is 48.5 Å². The standard InChI is InChI=1S/C31H31ClN8O2/c1-20-15-23(7-6-22(20)18-40-13-11-38(2)12-14-40)34-30(41)25-16-24(8-9-27(25)32)42-31-26-19-39(3)37-29(26)35-28(36-31)21-5-4-10-33-17-21/h4-10,15-17,19H,11-14,18H2,1-3H3,(H,34,41). The number of fused-ring (bicyclic) bond motifs is 1. The van der Waals surface area contributed by atoms with Crippen LogP contribution in [0.1, 0.15) is 21.5 Å². The van der Waals surface area contributed by atoms with E-state index in [-0.39, 0.29) is 11.5 Å². The van der Waals surface area contributed by atoms with Gasteiger partial charge in [0.25, 0.3) is 5.91 Å². The summed E-state index contributed by atoms with van der Waals surface area (Å²) in [6.07, 6.45) is 5.15. The Hall–Kier alpha value is -4.38. The largest absolute Gasteiger partial charge is 0.438 e. The maximum Gasteiger partial charge on any atom is 0.257 e. The number of nitrogens with one attached hydrogen (secondary N) is 1. The zero-order chi connectivity index (χ0) is 29.2. The Morgan fingerprint density at radius 1 is 1.05 bits per heavy atom. The number of anilines is 1. The molecular formula is C31H31ClN8O2. The van der Waals surface area contributed by atoms with Crippen LogP contribution in [0.2, 0.25) is 5.02 Å². The molecule has 0 unspecified atom stereocenters. The number of benzene rings is 2. The number of amides is 1. The van der Waals surface area contributed by atoms with Gasteiger partial charge in [0.1, 0.15) is 11.1 Å². The molecule has 1 N–H and O–H groups in total. The maximum absolute atomic E-state index is 13.3. The summed E-state index contributed by atoms with van der Waals surface area (Å²) in [5.41, 5.74) is 4.59. The lowest BCUT2D eigenvalue weighted by atomic mass is 10.1. The van der Waals surface area contributed by atoms with Crippen LogP contribution in [0.5, 0.6) is 11.6 Å². The third-order valence-corrected chi connectivity index (χ3v) is 7.70. The number of ether oxygens (including phenoxy) is 1. The maximum atomic E-state index is 13.3. The van der Waals surface area contributed by atoms with E-state index in [9.17, 15) is 4.79 Å². The van der Waals surface area contributed by atoms with Crippen LogP contribution in [0.25, 0.3) is 22.4 Å². The first-order valence-electron chi connectivity index (χ1n) is 13.7.